The number of rotatable bonds is 2. The third-order valence-electron chi connectivity index (χ3n) is 0.969. The van der Waals surface area contributed by atoms with Crippen molar-refractivity contribution in [3.8, 4) is 0 Å². The lowest BCUT2D eigenvalue weighted by Crippen LogP contribution is -2.26. The van der Waals surface area contributed by atoms with E-state index in [0.29, 0.717) is 0 Å². The molecule has 0 aromatic carbocycles. The molecule has 0 spiro atoms. The van der Waals surface area contributed by atoms with Gasteiger partial charge < -0.3 is 5.32 Å². The van der Waals surface area contributed by atoms with Gasteiger partial charge in [-0.15, -0.1) is 0 Å². The lowest BCUT2D eigenvalue weighted by Gasteiger charge is -2.03. The maximum Gasteiger partial charge on any atom is 0.232 e. The van der Waals surface area contributed by atoms with Crippen molar-refractivity contribution in [3.05, 3.63) is 0 Å². The Morgan fingerprint density at radius 2 is 2.25 bits per heavy atom. The van der Waals surface area contributed by atoms with Crippen LogP contribution in [0.2, 0.25) is 0 Å². The number of hydrogen-bond acceptors (Lipinski definition) is 2. The van der Waals surface area contributed by atoms with Crippen molar-refractivity contribution in [1.29, 1.82) is 0 Å². The predicted octanol–water partition coefficient (Wildman–Crippen LogP) is 0.484. The molecular formula is C5H11NOS. The molecule has 0 bridgehead atoms. The van der Waals surface area contributed by atoms with Crippen LogP contribution in [0.1, 0.15) is 6.92 Å². The van der Waals surface area contributed by atoms with E-state index >= 15 is 0 Å². The molecule has 0 radical (unpaired) electrons. The van der Waals surface area contributed by atoms with Crippen molar-refractivity contribution in [2.24, 2.45) is 0 Å². The van der Waals surface area contributed by atoms with Gasteiger partial charge in [-0.05, 0) is 13.2 Å². The fourth-order valence-corrected chi connectivity index (χ4v) is 0.642. The van der Waals surface area contributed by atoms with Gasteiger partial charge in [0.05, 0.1) is 5.25 Å². The third-order valence-corrected chi connectivity index (χ3v) is 1.89. The summed E-state index contributed by atoms with van der Waals surface area (Å²) in [6.45, 7) is 1.88. The molecule has 3 heteroatoms. The Hall–Kier alpha value is -0.180. The molecule has 1 atom stereocenters. The van der Waals surface area contributed by atoms with Gasteiger partial charge in [-0.3, -0.25) is 4.79 Å². The minimum Gasteiger partial charge on any atom is -0.358 e. The number of carbonyl (C=O) groups excluding carboxylic acids is 1. The average Bonchev–Trinajstić information content (AvgIpc) is 1.84. The Balaban J connectivity index is 3.46. The smallest absolute Gasteiger partial charge is 0.232 e. The van der Waals surface area contributed by atoms with Gasteiger partial charge in [-0.2, -0.15) is 11.8 Å². The molecule has 8 heavy (non-hydrogen) atoms. The Morgan fingerprint density at radius 3 is 2.38 bits per heavy atom. The van der Waals surface area contributed by atoms with E-state index in [1.165, 1.54) is 0 Å². The van der Waals surface area contributed by atoms with Crippen molar-refractivity contribution in [2.75, 3.05) is 13.3 Å². The van der Waals surface area contributed by atoms with Crippen LogP contribution >= 0.6 is 11.8 Å². The molecule has 0 saturated heterocycles. The van der Waals surface area contributed by atoms with Gasteiger partial charge in [0.2, 0.25) is 5.91 Å². The van der Waals surface area contributed by atoms with E-state index in [9.17, 15) is 4.79 Å². The number of thioether (sulfide) groups is 1. The summed E-state index contributed by atoms with van der Waals surface area (Å²) >= 11 is 1.55. The summed E-state index contributed by atoms with van der Waals surface area (Å²) in [6, 6.07) is 0. The maximum atomic E-state index is 10.6. The van der Waals surface area contributed by atoms with E-state index in [1.54, 1.807) is 18.8 Å². The fourth-order valence-electron chi connectivity index (χ4n) is 0.310. The van der Waals surface area contributed by atoms with Crippen molar-refractivity contribution in [3.63, 3.8) is 0 Å². The first-order valence-corrected chi connectivity index (χ1v) is 3.75. The Bertz CT molecular complexity index is 84.5. The molecule has 48 valence electrons. The standard InChI is InChI=1S/C5H11NOS/c1-4(8-3)5(7)6-2/h4H,1-3H3,(H,6,7)/t4-/m1/s1. The normalized spacial score (nSPS) is 12.9. The molecule has 0 fully saturated rings. The van der Waals surface area contributed by atoms with Gasteiger partial charge in [0, 0.05) is 7.05 Å². The maximum absolute atomic E-state index is 10.6. The summed E-state index contributed by atoms with van der Waals surface area (Å²) < 4.78 is 0. The van der Waals surface area contributed by atoms with E-state index in [2.05, 4.69) is 5.32 Å². The van der Waals surface area contributed by atoms with E-state index in [4.69, 9.17) is 0 Å². The molecular weight excluding hydrogens is 122 g/mol. The summed E-state index contributed by atoms with van der Waals surface area (Å²) in [7, 11) is 1.65. The van der Waals surface area contributed by atoms with Crippen molar-refractivity contribution < 1.29 is 4.79 Å². The molecule has 1 amide bonds. The summed E-state index contributed by atoms with van der Waals surface area (Å²) in [4.78, 5) is 10.6. The molecule has 0 heterocycles. The first-order chi connectivity index (χ1) is 3.72. The monoisotopic (exact) mass is 133 g/mol. The first-order valence-electron chi connectivity index (χ1n) is 2.46. The van der Waals surface area contributed by atoms with Gasteiger partial charge >= 0.3 is 0 Å². The van der Waals surface area contributed by atoms with Crippen LogP contribution in [-0.2, 0) is 4.79 Å². The highest BCUT2D eigenvalue weighted by Gasteiger charge is 2.06. The second-order valence-electron chi connectivity index (χ2n) is 1.49. The van der Waals surface area contributed by atoms with Gasteiger partial charge in [-0.1, -0.05) is 0 Å². The summed E-state index contributed by atoms with van der Waals surface area (Å²) in [5, 5.41) is 2.64. The zero-order valence-electron chi connectivity index (χ0n) is 5.39. The highest BCUT2D eigenvalue weighted by atomic mass is 32.2. The number of amides is 1. The Morgan fingerprint density at radius 1 is 1.75 bits per heavy atom. The lowest BCUT2D eigenvalue weighted by atomic mass is 10.4. The Kier molecular flexibility index (Phi) is 3.69. The molecule has 0 unspecified atom stereocenters. The van der Waals surface area contributed by atoms with E-state index in [0.717, 1.165) is 0 Å². The van der Waals surface area contributed by atoms with Gasteiger partial charge in [0.15, 0.2) is 0 Å². The molecule has 1 N–H and O–H groups in total. The highest BCUT2D eigenvalue weighted by Crippen LogP contribution is 2.02. The van der Waals surface area contributed by atoms with Crippen molar-refractivity contribution >= 4 is 17.7 Å². The first kappa shape index (κ1) is 7.82. The van der Waals surface area contributed by atoms with Crippen LogP contribution < -0.4 is 5.32 Å². The highest BCUT2D eigenvalue weighted by molar-refractivity contribution is 7.99. The summed E-state index contributed by atoms with van der Waals surface area (Å²) in [5.41, 5.74) is 0. The van der Waals surface area contributed by atoms with Gasteiger partial charge in [0.1, 0.15) is 0 Å². The molecule has 2 nitrogen and oxygen atoms in total. The summed E-state index contributed by atoms with van der Waals surface area (Å²) in [5.74, 6) is 0.0949. The van der Waals surface area contributed by atoms with Crippen LogP contribution in [-0.4, -0.2) is 24.5 Å². The molecule has 0 rings (SSSR count). The van der Waals surface area contributed by atoms with Crippen LogP contribution in [0.4, 0.5) is 0 Å². The molecule has 0 aliphatic carbocycles. The van der Waals surface area contributed by atoms with E-state index in [1.807, 2.05) is 13.2 Å². The fraction of sp³-hybridized carbons (Fsp3) is 0.800. The largest absolute Gasteiger partial charge is 0.358 e. The van der Waals surface area contributed by atoms with Crippen LogP contribution in [0.5, 0.6) is 0 Å². The van der Waals surface area contributed by atoms with Gasteiger partial charge in [-0.25, -0.2) is 0 Å². The van der Waals surface area contributed by atoms with Crippen LogP contribution in [0.3, 0.4) is 0 Å². The zero-order chi connectivity index (χ0) is 6.57. The average molecular weight is 133 g/mol. The van der Waals surface area contributed by atoms with Crippen molar-refractivity contribution in [2.45, 2.75) is 12.2 Å². The molecule has 0 aliphatic heterocycles. The SMILES string of the molecule is CNC(=O)[C@@H](C)SC. The van der Waals surface area contributed by atoms with Gasteiger partial charge in [0.25, 0.3) is 0 Å². The van der Waals surface area contributed by atoms with Crippen LogP contribution in [0, 0.1) is 0 Å². The second kappa shape index (κ2) is 3.78. The molecule has 0 aromatic rings. The van der Waals surface area contributed by atoms with E-state index < -0.39 is 0 Å². The van der Waals surface area contributed by atoms with Crippen LogP contribution in [0.25, 0.3) is 0 Å². The lowest BCUT2D eigenvalue weighted by molar-refractivity contribution is -0.119. The summed E-state index contributed by atoms with van der Waals surface area (Å²) in [6.07, 6.45) is 1.92. The number of carbonyl (C=O) groups is 1. The minimum absolute atomic E-state index is 0.0833. The molecule has 0 saturated carbocycles. The van der Waals surface area contributed by atoms with E-state index in [-0.39, 0.29) is 11.2 Å². The third kappa shape index (κ3) is 2.21. The number of nitrogens with one attached hydrogen (secondary N) is 1. The predicted molar refractivity (Wildman–Crippen MR) is 37.0 cm³/mol. The Labute approximate surface area is 54.0 Å². The minimum atomic E-state index is 0.0833. The molecule has 0 aromatic heterocycles. The topological polar surface area (TPSA) is 29.1 Å². The second-order valence-corrected chi connectivity index (χ2v) is 2.67. The van der Waals surface area contributed by atoms with Crippen molar-refractivity contribution in [1.82, 2.24) is 5.32 Å². The zero-order valence-corrected chi connectivity index (χ0v) is 6.21. The quantitative estimate of drug-likeness (QED) is 0.593. The van der Waals surface area contributed by atoms with Crippen LogP contribution in [0.15, 0.2) is 0 Å². The number of hydrogen-bond donors (Lipinski definition) is 1. The molecule has 0 aliphatic rings.